The Morgan fingerprint density at radius 3 is 2.55 bits per heavy atom. The van der Waals surface area contributed by atoms with E-state index >= 15 is 0 Å². The van der Waals surface area contributed by atoms with Crippen molar-refractivity contribution in [3.8, 4) is 5.69 Å². The van der Waals surface area contributed by atoms with Crippen LogP contribution in [0.2, 0.25) is 0 Å². The number of hydrogen-bond donors (Lipinski definition) is 0. The van der Waals surface area contributed by atoms with Gasteiger partial charge in [-0.3, -0.25) is 9.13 Å². The monoisotopic (exact) mass is 291 g/mol. The van der Waals surface area contributed by atoms with Crippen LogP contribution in [0, 0.1) is 0 Å². The van der Waals surface area contributed by atoms with Crippen LogP contribution in [0.25, 0.3) is 16.7 Å². The summed E-state index contributed by atoms with van der Waals surface area (Å²) in [5, 5.41) is 0. The van der Waals surface area contributed by atoms with Gasteiger partial charge in [-0.25, -0.2) is 4.79 Å². The highest BCUT2D eigenvalue weighted by Crippen LogP contribution is 2.34. The first-order valence-corrected chi connectivity index (χ1v) is 7.29. The molecule has 2 aromatic carbocycles. The molecule has 0 radical (unpaired) electrons. The highest BCUT2D eigenvalue weighted by Gasteiger charge is 2.21. The number of rotatable bonds is 1. The lowest BCUT2D eigenvalue weighted by atomic mass is 10.1. The molecule has 4 heteroatoms. The molecule has 0 saturated carbocycles. The fourth-order valence-electron chi connectivity index (χ4n) is 3.20. The topological polar surface area (TPSA) is 30.2 Å². The van der Waals surface area contributed by atoms with E-state index in [1.807, 2.05) is 44.4 Å². The van der Waals surface area contributed by atoms with Crippen molar-refractivity contribution < 1.29 is 0 Å². The van der Waals surface area contributed by atoms with Crippen molar-refractivity contribution in [2.75, 3.05) is 11.9 Å². The van der Waals surface area contributed by atoms with E-state index in [0.29, 0.717) is 0 Å². The third-order valence-electron chi connectivity index (χ3n) is 4.52. The Labute approximate surface area is 128 Å². The van der Waals surface area contributed by atoms with Crippen molar-refractivity contribution in [3.05, 3.63) is 70.8 Å². The van der Waals surface area contributed by atoms with Gasteiger partial charge in [0.05, 0.1) is 16.7 Å². The number of aryl methyl sites for hydroxylation is 1. The molecule has 4 nitrogen and oxygen atoms in total. The Bertz CT molecular complexity index is 978. The minimum Gasteiger partial charge on any atom is -0.348 e. The summed E-state index contributed by atoms with van der Waals surface area (Å²) in [7, 11) is 3.83. The fraction of sp³-hybridized carbons (Fsp3) is 0.167. The fourth-order valence-corrected chi connectivity index (χ4v) is 3.20. The van der Waals surface area contributed by atoms with Crippen LogP contribution in [0.5, 0.6) is 0 Å². The zero-order chi connectivity index (χ0) is 15.4. The van der Waals surface area contributed by atoms with Gasteiger partial charge in [0.15, 0.2) is 0 Å². The van der Waals surface area contributed by atoms with E-state index in [4.69, 9.17) is 0 Å². The van der Waals surface area contributed by atoms with Gasteiger partial charge in [-0.1, -0.05) is 24.8 Å². The first kappa shape index (κ1) is 13.0. The Balaban J connectivity index is 2.00. The van der Waals surface area contributed by atoms with Gasteiger partial charge in [-0.2, -0.15) is 0 Å². The number of para-hydroxylation sites is 2. The number of imidazole rings is 1. The lowest BCUT2D eigenvalue weighted by Gasteiger charge is -2.14. The summed E-state index contributed by atoms with van der Waals surface area (Å²) >= 11 is 0. The van der Waals surface area contributed by atoms with Crippen LogP contribution >= 0.6 is 0 Å². The largest absolute Gasteiger partial charge is 0.348 e. The summed E-state index contributed by atoms with van der Waals surface area (Å²) in [4.78, 5) is 14.7. The smallest absolute Gasteiger partial charge is 0.333 e. The van der Waals surface area contributed by atoms with Gasteiger partial charge in [0.2, 0.25) is 0 Å². The van der Waals surface area contributed by atoms with Crippen LogP contribution in [0.1, 0.15) is 5.56 Å². The molecule has 3 aromatic rings. The number of likely N-dealkylation sites (N-methyl/N-ethyl adjacent to an activating group) is 1. The molecule has 22 heavy (non-hydrogen) atoms. The average molecular weight is 291 g/mol. The van der Waals surface area contributed by atoms with Crippen molar-refractivity contribution >= 4 is 16.7 Å². The Kier molecular flexibility index (Phi) is 2.57. The maximum absolute atomic E-state index is 12.6. The van der Waals surface area contributed by atoms with Crippen LogP contribution in [0.15, 0.2) is 59.5 Å². The van der Waals surface area contributed by atoms with Crippen molar-refractivity contribution in [2.45, 2.75) is 6.42 Å². The molecule has 0 atom stereocenters. The van der Waals surface area contributed by atoms with E-state index in [9.17, 15) is 4.79 Å². The number of nitrogens with zero attached hydrogens (tertiary/aromatic N) is 3. The molecule has 0 fully saturated rings. The van der Waals surface area contributed by atoms with E-state index in [0.717, 1.165) is 34.5 Å². The van der Waals surface area contributed by atoms with Crippen molar-refractivity contribution in [1.29, 1.82) is 0 Å². The lowest BCUT2D eigenvalue weighted by molar-refractivity contribution is 0.846. The van der Waals surface area contributed by atoms with Crippen LogP contribution in [-0.4, -0.2) is 16.2 Å². The summed E-state index contributed by atoms with van der Waals surface area (Å²) in [6, 6.07) is 14.0. The molecule has 1 aliphatic heterocycles. The quantitative estimate of drug-likeness (QED) is 0.690. The predicted octanol–water partition coefficient (Wildman–Crippen LogP) is 2.84. The molecule has 1 aromatic heterocycles. The minimum absolute atomic E-state index is 0.0272. The van der Waals surface area contributed by atoms with E-state index in [2.05, 4.69) is 23.6 Å². The Hall–Kier alpha value is -2.75. The molecule has 1 aliphatic rings. The molecule has 0 bridgehead atoms. The highest BCUT2D eigenvalue weighted by atomic mass is 16.1. The van der Waals surface area contributed by atoms with E-state index in [1.54, 1.807) is 9.13 Å². The van der Waals surface area contributed by atoms with Gasteiger partial charge in [0, 0.05) is 31.9 Å². The number of benzene rings is 2. The molecule has 0 spiro atoms. The highest BCUT2D eigenvalue weighted by molar-refractivity contribution is 5.79. The van der Waals surface area contributed by atoms with Crippen LogP contribution in [0.4, 0.5) is 5.69 Å². The first-order valence-electron chi connectivity index (χ1n) is 7.29. The molecule has 0 unspecified atom stereocenters. The number of allylic oxidation sites excluding steroid dienone is 1. The predicted molar refractivity (Wildman–Crippen MR) is 89.8 cm³/mol. The van der Waals surface area contributed by atoms with Gasteiger partial charge < -0.3 is 4.90 Å². The molecule has 4 rings (SSSR count). The number of anilines is 1. The van der Waals surface area contributed by atoms with Gasteiger partial charge in [0.1, 0.15) is 0 Å². The number of fused-ring (bicyclic) bond motifs is 2. The van der Waals surface area contributed by atoms with Crippen molar-refractivity contribution in [3.63, 3.8) is 0 Å². The van der Waals surface area contributed by atoms with Crippen molar-refractivity contribution in [1.82, 2.24) is 9.13 Å². The standard InChI is InChI=1S/C18H17N3O/c1-12-10-13-8-9-14(11-17(13)19(12)2)21-16-7-5-4-6-15(16)20(3)18(21)22/h4-9,11H,1,10H2,2-3H3. The summed E-state index contributed by atoms with van der Waals surface area (Å²) in [5.74, 6) is 0. The van der Waals surface area contributed by atoms with E-state index in [-0.39, 0.29) is 5.69 Å². The lowest BCUT2D eigenvalue weighted by Crippen LogP contribution is -2.21. The molecular formula is C18H17N3O. The van der Waals surface area contributed by atoms with Gasteiger partial charge in [-0.15, -0.1) is 0 Å². The summed E-state index contributed by atoms with van der Waals surface area (Å²) < 4.78 is 3.45. The maximum Gasteiger partial charge on any atom is 0.333 e. The summed E-state index contributed by atoms with van der Waals surface area (Å²) in [5.41, 5.74) is 6.19. The van der Waals surface area contributed by atoms with Crippen molar-refractivity contribution in [2.24, 2.45) is 7.05 Å². The third-order valence-corrected chi connectivity index (χ3v) is 4.52. The number of hydrogen-bond acceptors (Lipinski definition) is 2. The summed E-state index contributed by atoms with van der Waals surface area (Å²) in [6.45, 7) is 4.08. The molecule has 110 valence electrons. The van der Waals surface area contributed by atoms with Crippen LogP contribution in [0.3, 0.4) is 0 Å². The average Bonchev–Trinajstić information content (AvgIpc) is 2.95. The van der Waals surface area contributed by atoms with Crippen LogP contribution < -0.4 is 10.6 Å². The van der Waals surface area contributed by atoms with Crippen LogP contribution in [-0.2, 0) is 13.5 Å². The second kappa shape index (κ2) is 4.37. The molecule has 0 N–H and O–H groups in total. The van der Waals surface area contributed by atoms with Gasteiger partial charge in [-0.05, 0) is 29.8 Å². The van der Waals surface area contributed by atoms with E-state index < -0.39 is 0 Å². The first-order chi connectivity index (χ1) is 10.6. The molecule has 0 aliphatic carbocycles. The SMILES string of the molecule is C=C1Cc2ccc(-n3c(=O)n(C)c4ccccc43)cc2N1C. The molecular weight excluding hydrogens is 274 g/mol. The zero-order valence-corrected chi connectivity index (χ0v) is 12.7. The Morgan fingerprint density at radius 2 is 1.77 bits per heavy atom. The second-order valence-corrected chi connectivity index (χ2v) is 5.78. The summed E-state index contributed by atoms with van der Waals surface area (Å²) in [6.07, 6.45) is 0.872. The Morgan fingerprint density at radius 1 is 1.05 bits per heavy atom. The minimum atomic E-state index is -0.0272. The van der Waals surface area contributed by atoms with Gasteiger partial charge in [0.25, 0.3) is 0 Å². The second-order valence-electron chi connectivity index (χ2n) is 5.78. The van der Waals surface area contributed by atoms with Gasteiger partial charge >= 0.3 is 5.69 Å². The third kappa shape index (κ3) is 1.61. The molecule has 0 amide bonds. The normalized spacial score (nSPS) is 13.9. The molecule has 2 heterocycles. The maximum atomic E-state index is 12.6. The molecule has 0 saturated heterocycles. The number of aromatic nitrogens is 2. The van der Waals surface area contributed by atoms with E-state index in [1.165, 1.54) is 5.56 Å². The zero-order valence-electron chi connectivity index (χ0n) is 12.7.